The number of benzene rings is 2. The number of rotatable bonds is 7. The van der Waals surface area contributed by atoms with Crippen LogP contribution in [0.25, 0.3) is 0 Å². The lowest BCUT2D eigenvalue weighted by Crippen LogP contribution is -2.09. The second-order valence-electron chi connectivity index (χ2n) is 5.42. The van der Waals surface area contributed by atoms with Crippen molar-refractivity contribution in [2.75, 3.05) is 6.61 Å². The molecule has 0 N–H and O–H groups in total. The minimum Gasteiger partial charge on any atom is -0.462 e. The summed E-state index contributed by atoms with van der Waals surface area (Å²) in [6, 6.07) is 19.6. The number of carbonyl (C=O) groups is 1. The number of hydrogen-bond donors (Lipinski definition) is 0. The summed E-state index contributed by atoms with van der Waals surface area (Å²) < 4.78 is 5.31. The predicted molar refractivity (Wildman–Crippen MR) is 85.3 cm³/mol. The van der Waals surface area contributed by atoms with E-state index in [1.165, 1.54) is 5.56 Å². The second kappa shape index (κ2) is 8.25. The summed E-state index contributed by atoms with van der Waals surface area (Å²) in [5, 5.41) is 0. The van der Waals surface area contributed by atoms with E-state index in [0.29, 0.717) is 18.1 Å². The van der Waals surface area contributed by atoms with E-state index >= 15 is 0 Å². The summed E-state index contributed by atoms with van der Waals surface area (Å²) in [5.41, 5.74) is 1.99. The molecule has 110 valence electrons. The molecule has 2 heteroatoms. The van der Waals surface area contributed by atoms with Gasteiger partial charge >= 0.3 is 5.97 Å². The van der Waals surface area contributed by atoms with Crippen molar-refractivity contribution >= 4 is 5.97 Å². The van der Waals surface area contributed by atoms with Gasteiger partial charge in [0.15, 0.2) is 0 Å². The zero-order valence-corrected chi connectivity index (χ0v) is 12.5. The number of carbonyl (C=O) groups excluding carboxylic acids is 1. The van der Waals surface area contributed by atoms with Crippen molar-refractivity contribution in [2.45, 2.75) is 26.2 Å². The summed E-state index contributed by atoms with van der Waals surface area (Å²) in [5.74, 6) is 0.319. The summed E-state index contributed by atoms with van der Waals surface area (Å²) in [6.07, 6.45) is 3.10. The summed E-state index contributed by atoms with van der Waals surface area (Å²) in [6.45, 7) is 2.70. The Labute approximate surface area is 126 Å². The third-order valence-electron chi connectivity index (χ3n) is 3.62. The van der Waals surface area contributed by atoms with Crippen molar-refractivity contribution in [1.29, 1.82) is 0 Å². The Morgan fingerprint density at radius 2 is 1.57 bits per heavy atom. The van der Waals surface area contributed by atoms with Gasteiger partial charge in [0.25, 0.3) is 0 Å². The molecular weight excluding hydrogens is 260 g/mol. The highest BCUT2D eigenvalue weighted by Gasteiger charge is 2.08. The summed E-state index contributed by atoms with van der Waals surface area (Å²) in [4.78, 5) is 11.8. The first-order chi connectivity index (χ1) is 10.3. The number of ether oxygens (including phenoxy) is 1. The Morgan fingerprint density at radius 1 is 0.952 bits per heavy atom. The van der Waals surface area contributed by atoms with Gasteiger partial charge in [-0.25, -0.2) is 4.79 Å². The first-order valence-corrected chi connectivity index (χ1v) is 7.52. The van der Waals surface area contributed by atoms with Crippen LogP contribution < -0.4 is 0 Å². The minimum atomic E-state index is -0.231. The zero-order chi connectivity index (χ0) is 14.9. The Balaban J connectivity index is 1.65. The van der Waals surface area contributed by atoms with E-state index in [-0.39, 0.29) is 5.97 Å². The molecule has 1 atom stereocenters. The van der Waals surface area contributed by atoms with Gasteiger partial charge in [0.1, 0.15) is 0 Å². The van der Waals surface area contributed by atoms with Gasteiger partial charge in [-0.2, -0.15) is 0 Å². The van der Waals surface area contributed by atoms with E-state index in [4.69, 9.17) is 4.74 Å². The molecule has 0 saturated heterocycles. The largest absolute Gasteiger partial charge is 0.462 e. The van der Waals surface area contributed by atoms with Gasteiger partial charge in [-0.1, -0.05) is 55.5 Å². The van der Waals surface area contributed by atoms with Crippen LogP contribution in [-0.2, 0) is 11.2 Å². The van der Waals surface area contributed by atoms with Crippen LogP contribution in [0.15, 0.2) is 60.7 Å². The molecule has 0 aromatic heterocycles. The van der Waals surface area contributed by atoms with Crippen LogP contribution in [0.4, 0.5) is 0 Å². The fourth-order valence-electron chi connectivity index (χ4n) is 2.21. The van der Waals surface area contributed by atoms with Crippen LogP contribution >= 0.6 is 0 Å². The molecule has 2 rings (SSSR count). The molecule has 0 aliphatic carbocycles. The molecule has 1 unspecified atom stereocenters. The normalized spacial score (nSPS) is 11.9. The van der Waals surface area contributed by atoms with E-state index < -0.39 is 0 Å². The first kappa shape index (κ1) is 15.3. The monoisotopic (exact) mass is 282 g/mol. The van der Waals surface area contributed by atoms with Crippen LogP contribution in [0.3, 0.4) is 0 Å². The maximum Gasteiger partial charge on any atom is 0.338 e. The average molecular weight is 282 g/mol. The maximum atomic E-state index is 11.8. The van der Waals surface area contributed by atoms with Gasteiger partial charge in [-0.05, 0) is 42.9 Å². The molecule has 0 spiro atoms. The minimum absolute atomic E-state index is 0.231. The van der Waals surface area contributed by atoms with Gasteiger partial charge < -0.3 is 4.74 Å². The Kier molecular flexibility index (Phi) is 6.01. The number of esters is 1. The van der Waals surface area contributed by atoms with Crippen LogP contribution in [0, 0.1) is 5.92 Å². The Hall–Kier alpha value is -2.09. The molecule has 21 heavy (non-hydrogen) atoms. The van der Waals surface area contributed by atoms with Gasteiger partial charge in [0, 0.05) is 0 Å². The quantitative estimate of drug-likeness (QED) is 0.699. The lowest BCUT2D eigenvalue weighted by atomic mass is 9.99. The first-order valence-electron chi connectivity index (χ1n) is 7.52. The van der Waals surface area contributed by atoms with Gasteiger partial charge in [-0.3, -0.25) is 0 Å². The second-order valence-corrected chi connectivity index (χ2v) is 5.42. The molecular formula is C19H22O2. The van der Waals surface area contributed by atoms with Crippen molar-refractivity contribution in [1.82, 2.24) is 0 Å². The van der Waals surface area contributed by atoms with Gasteiger partial charge in [-0.15, -0.1) is 0 Å². The van der Waals surface area contributed by atoms with E-state index in [1.54, 1.807) is 12.1 Å². The van der Waals surface area contributed by atoms with Gasteiger partial charge in [0.2, 0.25) is 0 Å². The topological polar surface area (TPSA) is 26.3 Å². The molecule has 0 aliphatic rings. The molecule has 0 amide bonds. The molecule has 0 heterocycles. The van der Waals surface area contributed by atoms with E-state index in [9.17, 15) is 4.79 Å². The lowest BCUT2D eigenvalue weighted by molar-refractivity contribution is 0.0484. The van der Waals surface area contributed by atoms with Crippen LogP contribution in [0.1, 0.15) is 35.7 Å². The molecule has 0 fully saturated rings. The maximum absolute atomic E-state index is 11.8. The van der Waals surface area contributed by atoms with Crippen molar-refractivity contribution in [3.63, 3.8) is 0 Å². The van der Waals surface area contributed by atoms with Crippen LogP contribution in [0.5, 0.6) is 0 Å². The van der Waals surface area contributed by atoms with Crippen LogP contribution in [0.2, 0.25) is 0 Å². The number of hydrogen-bond acceptors (Lipinski definition) is 2. The summed E-state index contributed by atoms with van der Waals surface area (Å²) in [7, 11) is 0. The Bertz CT molecular complexity index is 534. The molecule has 0 radical (unpaired) electrons. The van der Waals surface area contributed by atoms with Crippen molar-refractivity contribution < 1.29 is 9.53 Å². The fourth-order valence-corrected chi connectivity index (χ4v) is 2.21. The highest BCUT2D eigenvalue weighted by molar-refractivity contribution is 5.89. The predicted octanol–water partition coefficient (Wildman–Crippen LogP) is 4.50. The highest BCUT2D eigenvalue weighted by atomic mass is 16.5. The third kappa shape index (κ3) is 5.42. The van der Waals surface area contributed by atoms with Crippen molar-refractivity contribution in [2.24, 2.45) is 5.92 Å². The Morgan fingerprint density at radius 3 is 2.24 bits per heavy atom. The van der Waals surface area contributed by atoms with Gasteiger partial charge in [0.05, 0.1) is 12.2 Å². The lowest BCUT2D eigenvalue weighted by Gasteiger charge is -2.11. The van der Waals surface area contributed by atoms with E-state index in [1.807, 2.05) is 24.3 Å². The fraction of sp³-hybridized carbons (Fsp3) is 0.316. The third-order valence-corrected chi connectivity index (χ3v) is 3.62. The molecule has 2 aromatic rings. The average Bonchev–Trinajstić information content (AvgIpc) is 2.54. The highest BCUT2D eigenvalue weighted by Crippen LogP contribution is 2.13. The summed E-state index contributed by atoms with van der Waals surface area (Å²) >= 11 is 0. The SMILES string of the molecule is CC(CCOC(=O)c1ccccc1)CCc1ccccc1. The van der Waals surface area contributed by atoms with Crippen molar-refractivity contribution in [3.05, 3.63) is 71.8 Å². The molecule has 2 aromatic carbocycles. The smallest absolute Gasteiger partial charge is 0.338 e. The van der Waals surface area contributed by atoms with Crippen LogP contribution in [-0.4, -0.2) is 12.6 Å². The molecule has 0 aliphatic heterocycles. The van der Waals surface area contributed by atoms with Crippen molar-refractivity contribution in [3.8, 4) is 0 Å². The standard InChI is InChI=1S/C19H22O2/c1-16(12-13-17-8-4-2-5-9-17)14-15-21-19(20)18-10-6-3-7-11-18/h2-11,16H,12-15H2,1H3. The molecule has 0 bridgehead atoms. The molecule has 2 nitrogen and oxygen atoms in total. The molecule has 0 saturated carbocycles. The van der Waals surface area contributed by atoms with E-state index in [2.05, 4.69) is 31.2 Å². The zero-order valence-electron chi connectivity index (χ0n) is 12.5. The number of aryl methyl sites for hydroxylation is 1. The van der Waals surface area contributed by atoms with E-state index in [0.717, 1.165) is 19.3 Å².